The van der Waals surface area contributed by atoms with Crippen LogP contribution in [0.1, 0.15) is 11.1 Å². The molecule has 3 aromatic rings. The molecule has 0 spiro atoms. The van der Waals surface area contributed by atoms with Crippen molar-refractivity contribution in [1.29, 1.82) is 0 Å². The SMILES string of the molecule is COc1cc(CNC(=O)CN(c2cc(Cl)cc(Cl)c2)S(=O)(=O)c2ccc(C)cc2)cc(OC)c1OC. The molecule has 0 heterocycles. The van der Waals surface area contributed by atoms with Crippen molar-refractivity contribution in [1.82, 2.24) is 5.32 Å². The molecule has 0 saturated carbocycles. The highest BCUT2D eigenvalue weighted by atomic mass is 35.5. The van der Waals surface area contributed by atoms with Crippen molar-refractivity contribution in [3.63, 3.8) is 0 Å². The van der Waals surface area contributed by atoms with Gasteiger partial charge in [-0.3, -0.25) is 9.10 Å². The first-order chi connectivity index (χ1) is 17.1. The van der Waals surface area contributed by atoms with Gasteiger partial charge in [-0.25, -0.2) is 8.42 Å². The number of methoxy groups -OCH3 is 3. The molecule has 0 aliphatic heterocycles. The van der Waals surface area contributed by atoms with Crippen LogP contribution in [0.25, 0.3) is 0 Å². The van der Waals surface area contributed by atoms with E-state index in [2.05, 4.69) is 5.32 Å². The molecule has 0 aliphatic carbocycles. The van der Waals surface area contributed by atoms with Crippen LogP contribution < -0.4 is 23.8 Å². The summed E-state index contributed by atoms with van der Waals surface area (Å²) in [7, 11) is 0.358. The number of aryl methyl sites for hydroxylation is 1. The van der Waals surface area contributed by atoms with Crippen LogP contribution in [-0.4, -0.2) is 42.2 Å². The van der Waals surface area contributed by atoms with E-state index in [9.17, 15) is 13.2 Å². The maximum absolute atomic E-state index is 13.5. The Morgan fingerprint density at radius 3 is 1.94 bits per heavy atom. The number of nitrogens with zero attached hydrogens (tertiary/aromatic N) is 1. The molecule has 0 aliphatic rings. The van der Waals surface area contributed by atoms with Crippen molar-refractivity contribution in [2.24, 2.45) is 0 Å². The van der Waals surface area contributed by atoms with Crippen molar-refractivity contribution >= 4 is 44.8 Å². The molecule has 8 nitrogen and oxygen atoms in total. The van der Waals surface area contributed by atoms with Crippen molar-refractivity contribution in [3.8, 4) is 17.2 Å². The molecule has 36 heavy (non-hydrogen) atoms. The summed E-state index contributed by atoms with van der Waals surface area (Å²) in [4.78, 5) is 13.0. The zero-order valence-electron chi connectivity index (χ0n) is 20.2. The Hall–Kier alpha value is -3.14. The van der Waals surface area contributed by atoms with E-state index in [-0.39, 0.29) is 27.2 Å². The van der Waals surface area contributed by atoms with Crippen LogP contribution in [-0.2, 0) is 21.4 Å². The number of ether oxygens (including phenoxy) is 3. The largest absolute Gasteiger partial charge is 0.493 e. The number of sulfonamides is 1. The number of hydrogen-bond donors (Lipinski definition) is 1. The van der Waals surface area contributed by atoms with Crippen LogP contribution in [0.2, 0.25) is 10.0 Å². The van der Waals surface area contributed by atoms with E-state index >= 15 is 0 Å². The summed E-state index contributed by atoms with van der Waals surface area (Å²) >= 11 is 12.3. The van der Waals surface area contributed by atoms with Gasteiger partial charge in [0, 0.05) is 16.6 Å². The van der Waals surface area contributed by atoms with Crippen LogP contribution in [0.15, 0.2) is 59.5 Å². The summed E-state index contributed by atoms with van der Waals surface area (Å²) in [5, 5.41) is 3.21. The van der Waals surface area contributed by atoms with E-state index in [0.717, 1.165) is 9.87 Å². The Balaban J connectivity index is 1.89. The van der Waals surface area contributed by atoms with Crippen molar-refractivity contribution in [2.75, 3.05) is 32.2 Å². The maximum Gasteiger partial charge on any atom is 0.264 e. The summed E-state index contributed by atoms with van der Waals surface area (Å²) < 4.78 is 44.0. The summed E-state index contributed by atoms with van der Waals surface area (Å²) in [6.07, 6.45) is 0. The van der Waals surface area contributed by atoms with Gasteiger partial charge in [0.05, 0.1) is 31.9 Å². The summed E-state index contributed by atoms with van der Waals surface area (Å²) in [5.74, 6) is 0.732. The molecule has 0 fully saturated rings. The predicted octanol–water partition coefficient (Wildman–Crippen LogP) is 4.84. The number of rotatable bonds is 10. The molecular weight excluding hydrogens is 527 g/mol. The third-order valence-corrected chi connectivity index (χ3v) is 7.47. The van der Waals surface area contributed by atoms with Crippen molar-refractivity contribution in [3.05, 3.63) is 75.8 Å². The fourth-order valence-corrected chi connectivity index (χ4v) is 5.38. The highest BCUT2D eigenvalue weighted by Gasteiger charge is 2.28. The standard InChI is InChI=1S/C25H26Cl2N2O6S/c1-16-5-7-21(8-6-16)36(31,32)29(20-12-18(26)11-19(27)13-20)15-24(30)28-14-17-9-22(33-2)25(35-4)23(10-17)34-3/h5-13H,14-15H2,1-4H3,(H,28,30). The van der Waals surface area contributed by atoms with E-state index in [1.807, 2.05) is 6.92 Å². The fraction of sp³-hybridized carbons (Fsp3) is 0.240. The molecule has 3 aromatic carbocycles. The van der Waals surface area contributed by atoms with Crippen LogP contribution in [0.5, 0.6) is 17.2 Å². The second-order valence-corrected chi connectivity index (χ2v) is 10.5. The molecule has 0 aromatic heterocycles. The summed E-state index contributed by atoms with van der Waals surface area (Å²) in [5.41, 5.74) is 1.72. The minimum Gasteiger partial charge on any atom is -0.493 e. The third kappa shape index (κ3) is 6.34. The Labute approximate surface area is 220 Å². The molecular formula is C25H26Cl2N2O6S. The predicted molar refractivity (Wildman–Crippen MR) is 140 cm³/mol. The minimum atomic E-state index is -4.11. The average molecular weight is 553 g/mol. The number of benzene rings is 3. The van der Waals surface area contributed by atoms with Crippen molar-refractivity contribution < 1.29 is 27.4 Å². The summed E-state index contributed by atoms with van der Waals surface area (Å²) in [6, 6.07) is 14.1. The van der Waals surface area contributed by atoms with E-state index in [1.54, 1.807) is 24.3 Å². The number of halogens is 2. The first-order valence-electron chi connectivity index (χ1n) is 10.7. The maximum atomic E-state index is 13.5. The Kier molecular flexibility index (Phi) is 8.94. The van der Waals surface area contributed by atoms with Crippen LogP contribution >= 0.6 is 23.2 Å². The molecule has 0 radical (unpaired) electrons. The van der Waals surface area contributed by atoms with Crippen LogP contribution in [0.4, 0.5) is 5.69 Å². The van der Waals surface area contributed by atoms with Gasteiger partial charge in [0.25, 0.3) is 10.0 Å². The fourth-order valence-electron chi connectivity index (χ4n) is 3.46. The average Bonchev–Trinajstić information content (AvgIpc) is 2.84. The second kappa shape index (κ2) is 11.7. The topological polar surface area (TPSA) is 94.2 Å². The van der Waals surface area contributed by atoms with E-state index in [4.69, 9.17) is 37.4 Å². The lowest BCUT2D eigenvalue weighted by Gasteiger charge is -2.24. The summed E-state index contributed by atoms with van der Waals surface area (Å²) in [6.45, 7) is 1.43. The number of carbonyl (C=O) groups is 1. The molecule has 11 heteroatoms. The first kappa shape index (κ1) is 27.4. The van der Waals surface area contributed by atoms with Gasteiger partial charge in [0.1, 0.15) is 6.54 Å². The number of hydrogen-bond acceptors (Lipinski definition) is 6. The normalized spacial score (nSPS) is 11.1. The lowest BCUT2D eigenvalue weighted by atomic mass is 10.1. The minimum absolute atomic E-state index is 0.0293. The first-order valence-corrected chi connectivity index (χ1v) is 12.9. The quantitative estimate of drug-likeness (QED) is 0.386. The van der Waals surface area contributed by atoms with E-state index < -0.39 is 22.5 Å². The number of amides is 1. The zero-order valence-corrected chi connectivity index (χ0v) is 22.5. The number of anilines is 1. The van der Waals surface area contributed by atoms with Crippen molar-refractivity contribution in [2.45, 2.75) is 18.4 Å². The van der Waals surface area contributed by atoms with E-state index in [0.29, 0.717) is 22.8 Å². The third-order valence-electron chi connectivity index (χ3n) is 5.25. The highest BCUT2D eigenvalue weighted by Crippen LogP contribution is 2.38. The smallest absolute Gasteiger partial charge is 0.264 e. The number of carbonyl (C=O) groups excluding carboxylic acids is 1. The monoisotopic (exact) mass is 552 g/mol. The Morgan fingerprint density at radius 1 is 0.889 bits per heavy atom. The molecule has 192 valence electrons. The zero-order chi connectivity index (χ0) is 26.5. The molecule has 1 N–H and O–H groups in total. The molecule has 3 rings (SSSR count). The van der Waals surface area contributed by atoms with Crippen LogP contribution in [0.3, 0.4) is 0 Å². The Bertz CT molecular complexity index is 1300. The second-order valence-electron chi connectivity index (χ2n) is 7.76. The molecule has 1 amide bonds. The van der Waals surface area contributed by atoms with Gasteiger partial charge in [-0.1, -0.05) is 40.9 Å². The molecule has 0 bridgehead atoms. The highest BCUT2D eigenvalue weighted by molar-refractivity contribution is 7.92. The number of nitrogens with one attached hydrogen (secondary N) is 1. The lowest BCUT2D eigenvalue weighted by molar-refractivity contribution is -0.119. The molecule has 0 unspecified atom stereocenters. The van der Waals surface area contributed by atoms with Gasteiger partial charge < -0.3 is 19.5 Å². The van der Waals surface area contributed by atoms with Crippen LogP contribution in [0, 0.1) is 6.92 Å². The molecule has 0 atom stereocenters. The van der Waals surface area contributed by atoms with Gasteiger partial charge >= 0.3 is 0 Å². The van der Waals surface area contributed by atoms with Gasteiger partial charge in [-0.15, -0.1) is 0 Å². The molecule has 0 saturated heterocycles. The Morgan fingerprint density at radius 2 is 1.44 bits per heavy atom. The van der Waals surface area contributed by atoms with Gasteiger partial charge in [0.2, 0.25) is 11.7 Å². The van der Waals surface area contributed by atoms with Gasteiger partial charge in [-0.2, -0.15) is 0 Å². The van der Waals surface area contributed by atoms with Gasteiger partial charge in [-0.05, 0) is 55.0 Å². The van der Waals surface area contributed by atoms with E-state index in [1.165, 1.54) is 51.7 Å². The lowest BCUT2D eigenvalue weighted by Crippen LogP contribution is -2.40. The van der Waals surface area contributed by atoms with Gasteiger partial charge in [0.15, 0.2) is 11.5 Å².